The maximum atomic E-state index is 13.1. The van der Waals surface area contributed by atoms with Crippen molar-refractivity contribution in [3.05, 3.63) is 72.9 Å². The number of ether oxygens (including phenoxy) is 4. The lowest BCUT2D eigenvalue weighted by Crippen LogP contribution is -2.30. The zero-order valence-corrected chi connectivity index (χ0v) is 65.4. The van der Waals surface area contributed by atoms with E-state index in [4.69, 9.17) is 37.0 Å². The van der Waals surface area contributed by atoms with Crippen molar-refractivity contribution in [1.29, 1.82) is 0 Å². The topological polar surface area (TPSA) is 237 Å². The minimum Gasteiger partial charge on any atom is -0.462 e. The van der Waals surface area contributed by atoms with Crippen LogP contribution >= 0.6 is 15.6 Å². The fraction of sp³-hybridized carbons (Fsp3) is 0.802. The van der Waals surface area contributed by atoms with Crippen LogP contribution in [0.15, 0.2) is 72.9 Å². The van der Waals surface area contributed by atoms with Gasteiger partial charge in [0.05, 0.1) is 26.4 Å². The Balaban J connectivity index is 5.34. The van der Waals surface area contributed by atoms with E-state index in [2.05, 4.69) is 101 Å². The van der Waals surface area contributed by atoms with Gasteiger partial charge in [-0.25, -0.2) is 9.13 Å². The van der Waals surface area contributed by atoms with E-state index in [0.717, 1.165) is 154 Å². The van der Waals surface area contributed by atoms with Gasteiger partial charge in [0.2, 0.25) is 0 Å². The summed E-state index contributed by atoms with van der Waals surface area (Å²) in [5.41, 5.74) is 0. The van der Waals surface area contributed by atoms with E-state index in [0.29, 0.717) is 25.7 Å². The Labute approximate surface area is 609 Å². The van der Waals surface area contributed by atoms with Crippen molar-refractivity contribution in [3.63, 3.8) is 0 Å². The number of hydrogen-bond donors (Lipinski definition) is 3. The van der Waals surface area contributed by atoms with Crippen molar-refractivity contribution in [1.82, 2.24) is 0 Å². The van der Waals surface area contributed by atoms with Gasteiger partial charge in [-0.3, -0.25) is 37.3 Å². The number of carbonyl (C=O) groups is 4. The first-order chi connectivity index (χ1) is 48.7. The first-order valence-corrected chi connectivity index (χ1v) is 43.2. The molecule has 0 rings (SSSR count). The zero-order valence-electron chi connectivity index (χ0n) is 63.6. The molecule has 4 unspecified atom stereocenters. The SMILES string of the molecule is CC/C=C\C/C=C\C/C=C\CCCCCCCC(=O)OCC(COP(=O)(O)OCC(O)COP(=O)(O)OCC(COC(=O)CCCCCCC/C=C\C/C=C\C/C=C\CC)OC(=O)CCCCCCCCCCCCCCCCC)OC(=O)CCCCCCCCCCCCCCCCC. The molecule has 100 heavy (non-hydrogen) atoms. The van der Waals surface area contributed by atoms with Crippen LogP contribution in [0.5, 0.6) is 0 Å². The molecule has 582 valence electrons. The van der Waals surface area contributed by atoms with Crippen LogP contribution in [0.3, 0.4) is 0 Å². The number of allylic oxidation sites excluding steroid dienone is 12. The molecule has 0 aliphatic heterocycles. The smallest absolute Gasteiger partial charge is 0.462 e. The van der Waals surface area contributed by atoms with Crippen LogP contribution in [-0.4, -0.2) is 96.7 Å². The molecule has 0 aromatic heterocycles. The van der Waals surface area contributed by atoms with Gasteiger partial charge >= 0.3 is 39.5 Å². The molecule has 3 N–H and O–H groups in total. The molecule has 4 atom stereocenters. The summed E-state index contributed by atoms with van der Waals surface area (Å²) < 4.78 is 68.6. The van der Waals surface area contributed by atoms with E-state index in [1.165, 1.54) is 128 Å². The highest BCUT2D eigenvalue weighted by atomic mass is 31.2. The van der Waals surface area contributed by atoms with Crippen molar-refractivity contribution in [2.45, 2.75) is 380 Å². The molecule has 0 bridgehead atoms. The Morgan fingerprint density at radius 2 is 0.520 bits per heavy atom. The molecule has 0 radical (unpaired) electrons. The summed E-state index contributed by atoms with van der Waals surface area (Å²) >= 11 is 0. The average molecular weight is 1450 g/mol. The molecular formula is C81H146O17P2. The highest BCUT2D eigenvalue weighted by Crippen LogP contribution is 2.45. The summed E-state index contributed by atoms with van der Waals surface area (Å²) in [6, 6.07) is 0. The number of aliphatic hydroxyl groups is 1. The molecule has 0 spiro atoms. The predicted molar refractivity (Wildman–Crippen MR) is 409 cm³/mol. The first kappa shape index (κ1) is 96.5. The number of hydrogen-bond acceptors (Lipinski definition) is 15. The highest BCUT2D eigenvalue weighted by Gasteiger charge is 2.30. The third kappa shape index (κ3) is 72.8. The standard InChI is InChI=1S/C81H146O17P2/c1-5-9-13-17-21-25-29-33-37-41-45-49-53-57-61-65-78(83)91-71-76(97-80(85)67-63-59-55-51-47-43-39-35-31-27-23-19-15-11-7-3)73-95-99(87,88)93-69-75(82)70-94-100(89,90)96-74-77(98-81(86)68-64-60-56-52-48-44-40-36-32-28-24-20-16-12-8-4)72-92-79(84)66-62-58-54-50-46-42-38-34-30-26-22-18-14-10-6-2/h9-10,13-14,21-22,25-26,33-34,37-38,75-77,82H,5-8,11-12,15-20,23-24,27-32,35-36,39-74H2,1-4H3,(H,87,88)(H,89,90)/b13-9-,14-10-,25-21-,26-22-,37-33-,38-34-. The molecule has 0 aromatic rings. The monoisotopic (exact) mass is 1450 g/mol. The summed E-state index contributed by atoms with van der Waals surface area (Å²) in [6.45, 7) is 4.69. The molecule has 19 heteroatoms. The summed E-state index contributed by atoms with van der Waals surface area (Å²) in [4.78, 5) is 73.0. The van der Waals surface area contributed by atoms with Crippen LogP contribution in [0.4, 0.5) is 0 Å². The van der Waals surface area contributed by atoms with E-state index in [-0.39, 0.29) is 25.7 Å². The highest BCUT2D eigenvalue weighted by molar-refractivity contribution is 7.47. The lowest BCUT2D eigenvalue weighted by Gasteiger charge is -2.21. The second-order valence-electron chi connectivity index (χ2n) is 27.0. The molecule has 17 nitrogen and oxygen atoms in total. The van der Waals surface area contributed by atoms with E-state index in [9.17, 15) is 43.2 Å². The van der Waals surface area contributed by atoms with E-state index >= 15 is 0 Å². The zero-order chi connectivity index (χ0) is 73.2. The third-order valence-electron chi connectivity index (χ3n) is 17.2. The van der Waals surface area contributed by atoms with E-state index in [1.807, 2.05) is 0 Å². The summed E-state index contributed by atoms with van der Waals surface area (Å²) in [5.74, 6) is -2.18. The van der Waals surface area contributed by atoms with Crippen molar-refractivity contribution >= 4 is 39.5 Å². The molecule has 0 fully saturated rings. The van der Waals surface area contributed by atoms with Crippen molar-refractivity contribution in [2.24, 2.45) is 0 Å². The minimum absolute atomic E-state index is 0.0968. The van der Waals surface area contributed by atoms with Crippen LogP contribution in [-0.2, 0) is 65.4 Å². The Bertz CT molecular complexity index is 2030. The molecule has 0 aliphatic carbocycles. The number of phosphoric acid groups is 2. The van der Waals surface area contributed by atoms with Gasteiger partial charge in [0.15, 0.2) is 12.2 Å². The molecule has 0 amide bonds. The molecule has 0 aliphatic rings. The second-order valence-corrected chi connectivity index (χ2v) is 29.9. The fourth-order valence-electron chi connectivity index (χ4n) is 11.1. The Morgan fingerprint density at radius 1 is 0.290 bits per heavy atom. The normalized spacial score (nSPS) is 14.3. The lowest BCUT2D eigenvalue weighted by molar-refractivity contribution is -0.161. The first-order valence-electron chi connectivity index (χ1n) is 40.2. The maximum absolute atomic E-state index is 13.1. The lowest BCUT2D eigenvalue weighted by atomic mass is 10.0. The van der Waals surface area contributed by atoms with Crippen LogP contribution in [0.1, 0.15) is 362 Å². The van der Waals surface area contributed by atoms with Gasteiger partial charge in [-0.05, 0) is 89.9 Å². The minimum atomic E-state index is -4.97. The number of rotatable bonds is 76. The predicted octanol–water partition coefficient (Wildman–Crippen LogP) is 23.2. The molecule has 0 saturated heterocycles. The van der Waals surface area contributed by atoms with Gasteiger partial charge in [0.25, 0.3) is 0 Å². The molecular weight excluding hydrogens is 1310 g/mol. The van der Waals surface area contributed by atoms with Gasteiger partial charge < -0.3 is 33.8 Å². The van der Waals surface area contributed by atoms with Crippen LogP contribution in [0.25, 0.3) is 0 Å². The van der Waals surface area contributed by atoms with Crippen LogP contribution in [0, 0.1) is 0 Å². The number of aliphatic hydroxyl groups excluding tert-OH is 1. The number of carbonyl (C=O) groups excluding carboxylic acids is 4. The number of phosphoric ester groups is 2. The summed E-state index contributed by atoms with van der Waals surface area (Å²) in [5, 5.41) is 10.6. The van der Waals surface area contributed by atoms with Crippen LogP contribution in [0.2, 0.25) is 0 Å². The van der Waals surface area contributed by atoms with Gasteiger partial charge in [0, 0.05) is 25.7 Å². The second kappa shape index (κ2) is 73.8. The number of esters is 4. The molecule has 0 aromatic carbocycles. The third-order valence-corrected chi connectivity index (χ3v) is 19.1. The molecule has 0 heterocycles. The average Bonchev–Trinajstić information content (AvgIpc) is 1.01. The Kier molecular flexibility index (Phi) is 71.2. The summed E-state index contributed by atoms with van der Waals surface area (Å²) in [6.07, 6.45) is 74.4. The van der Waals surface area contributed by atoms with Gasteiger partial charge in [-0.2, -0.15) is 0 Å². The Morgan fingerprint density at radius 3 is 0.800 bits per heavy atom. The fourth-order valence-corrected chi connectivity index (χ4v) is 12.7. The quantitative estimate of drug-likeness (QED) is 0.0169. The number of unbranched alkanes of at least 4 members (excludes halogenated alkanes) is 38. The summed E-state index contributed by atoms with van der Waals surface area (Å²) in [7, 11) is -9.95. The van der Waals surface area contributed by atoms with Crippen molar-refractivity contribution in [3.8, 4) is 0 Å². The van der Waals surface area contributed by atoms with E-state index in [1.54, 1.807) is 0 Å². The van der Waals surface area contributed by atoms with E-state index < -0.39 is 97.5 Å². The van der Waals surface area contributed by atoms with Crippen molar-refractivity contribution in [2.75, 3.05) is 39.6 Å². The van der Waals surface area contributed by atoms with Gasteiger partial charge in [-0.1, -0.05) is 319 Å². The van der Waals surface area contributed by atoms with Gasteiger partial charge in [0.1, 0.15) is 19.3 Å². The molecule has 0 saturated carbocycles. The van der Waals surface area contributed by atoms with Crippen LogP contribution < -0.4 is 0 Å². The largest absolute Gasteiger partial charge is 0.472 e. The van der Waals surface area contributed by atoms with Crippen molar-refractivity contribution < 1.29 is 80.2 Å². The maximum Gasteiger partial charge on any atom is 0.472 e. The van der Waals surface area contributed by atoms with Gasteiger partial charge in [-0.15, -0.1) is 0 Å². The Hall–Kier alpha value is -3.50.